The molecule has 0 radical (unpaired) electrons. The van der Waals surface area contributed by atoms with Crippen LogP contribution in [0.1, 0.15) is 41.6 Å². The van der Waals surface area contributed by atoms with Gasteiger partial charge in [0.2, 0.25) is 0 Å². The van der Waals surface area contributed by atoms with Gasteiger partial charge in [0.25, 0.3) is 5.91 Å². The minimum absolute atomic E-state index is 0.209. The number of thiocarbonyl (C=S) groups is 1. The Morgan fingerprint density at radius 2 is 1.63 bits per heavy atom. The number of amides is 1. The van der Waals surface area contributed by atoms with Crippen LogP contribution in [0.25, 0.3) is 0 Å². The van der Waals surface area contributed by atoms with E-state index in [0.717, 1.165) is 32.4 Å². The fraction of sp³-hybridized carbons (Fsp3) is 0.364. The molecule has 0 saturated carbocycles. The molecule has 0 bridgehead atoms. The van der Waals surface area contributed by atoms with Crippen LogP contribution in [0, 0.1) is 0 Å². The molecule has 1 aliphatic heterocycles. The number of benzene rings is 2. The van der Waals surface area contributed by atoms with Crippen LogP contribution in [-0.2, 0) is 6.42 Å². The average molecular weight is 383 g/mol. The molecular formula is C22H26N2O2S. The lowest BCUT2D eigenvalue weighted by atomic mass is 10.1. The normalized spacial score (nSPS) is 14.3. The van der Waals surface area contributed by atoms with Crippen molar-refractivity contribution in [1.82, 2.24) is 10.2 Å². The Bertz CT molecular complexity index is 756. The van der Waals surface area contributed by atoms with E-state index in [1.807, 2.05) is 36.4 Å². The molecule has 0 atom stereocenters. The molecule has 0 unspecified atom stereocenters. The van der Waals surface area contributed by atoms with E-state index in [2.05, 4.69) is 22.3 Å². The van der Waals surface area contributed by atoms with Crippen LogP contribution in [0.3, 0.4) is 0 Å². The molecule has 1 fully saturated rings. The summed E-state index contributed by atoms with van der Waals surface area (Å²) in [6.07, 6.45) is 5.49. The molecular weight excluding hydrogens is 356 g/mol. The third-order valence-electron chi connectivity index (χ3n) is 4.74. The molecule has 0 spiro atoms. The topological polar surface area (TPSA) is 41.6 Å². The third-order valence-corrected chi connectivity index (χ3v) is 5.10. The summed E-state index contributed by atoms with van der Waals surface area (Å²) >= 11 is 5.46. The van der Waals surface area contributed by atoms with Crippen molar-refractivity contribution < 1.29 is 9.53 Å². The van der Waals surface area contributed by atoms with Crippen molar-refractivity contribution in [2.75, 3.05) is 19.7 Å². The largest absolute Gasteiger partial charge is 0.492 e. The zero-order valence-electron chi connectivity index (χ0n) is 15.5. The monoisotopic (exact) mass is 382 g/mol. The molecule has 1 aliphatic rings. The summed E-state index contributed by atoms with van der Waals surface area (Å²) in [4.78, 5) is 14.8. The van der Waals surface area contributed by atoms with Gasteiger partial charge in [-0.15, -0.1) is 0 Å². The fourth-order valence-electron chi connectivity index (χ4n) is 3.22. The van der Waals surface area contributed by atoms with Crippen molar-refractivity contribution in [2.45, 2.75) is 32.1 Å². The first-order chi connectivity index (χ1) is 13.2. The van der Waals surface area contributed by atoms with Gasteiger partial charge < -0.3 is 9.64 Å². The summed E-state index contributed by atoms with van der Waals surface area (Å²) < 4.78 is 5.89. The molecule has 3 rings (SSSR count). The SMILES string of the molecule is O=C(NC(=S)N1CCCCCC1)c1ccccc1OCCc1ccccc1. The van der Waals surface area contributed by atoms with Gasteiger partial charge in [0.1, 0.15) is 5.75 Å². The van der Waals surface area contributed by atoms with Crippen LogP contribution in [-0.4, -0.2) is 35.6 Å². The highest BCUT2D eigenvalue weighted by Crippen LogP contribution is 2.19. The molecule has 1 amide bonds. The van der Waals surface area contributed by atoms with Gasteiger partial charge in [0.05, 0.1) is 12.2 Å². The molecule has 0 aromatic heterocycles. The first-order valence-corrected chi connectivity index (χ1v) is 10.0. The quantitative estimate of drug-likeness (QED) is 0.787. The number of ether oxygens (including phenoxy) is 1. The zero-order valence-corrected chi connectivity index (χ0v) is 16.3. The molecule has 4 nitrogen and oxygen atoms in total. The minimum atomic E-state index is -0.209. The second kappa shape index (κ2) is 10.1. The van der Waals surface area contributed by atoms with Gasteiger partial charge >= 0.3 is 0 Å². The van der Waals surface area contributed by atoms with Crippen LogP contribution in [0.2, 0.25) is 0 Å². The van der Waals surface area contributed by atoms with E-state index < -0.39 is 0 Å². The Hall–Kier alpha value is -2.40. The number of carbonyl (C=O) groups is 1. The number of para-hydroxylation sites is 1. The summed E-state index contributed by atoms with van der Waals surface area (Å²) in [5.41, 5.74) is 1.73. The fourth-order valence-corrected chi connectivity index (χ4v) is 3.50. The molecule has 2 aromatic carbocycles. The predicted octanol–water partition coefficient (Wildman–Crippen LogP) is 4.20. The maximum atomic E-state index is 12.7. The second-order valence-electron chi connectivity index (χ2n) is 6.74. The summed E-state index contributed by atoms with van der Waals surface area (Å²) in [5.74, 6) is 0.379. The molecule has 5 heteroatoms. The summed E-state index contributed by atoms with van der Waals surface area (Å²) in [6.45, 7) is 2.34. The first-order valence-electron chi connectivity index (χ1n) is 9.60. The van der Waals surface area contributed by atoms with Crippen molar-refractivity contribution in [3.63, 3.8) is 0 Å². The molecule has 142 valence electrons. The highest BCUT2D eigenvalue weighted by molar-refractivity contribution is 7.80. The van der Waals surface area contributed by atoms with Crippen LogP contribution < -0.4 is 10.1 Å². The standard InChI is InChI=1S/C22H26N2O2S/c25-21(23-22(27)24-15-8-1-2-9-16-24)19-12-6-7-13-20(19)26-17-14-18-10-4-3-5-11-18/h3-7,10-13H,1-2,8-9,14-17H2,(H,23,25,27). The minimum Gasteiger partial charge on any atom is -0.492 e. The Morgan fingerprint density at radius 1 is 0.963 bits per heavy atom. The van der Waals surface area contributed by atoms with Crippen molar-refractivity contribution in [1.29, 1.82) is 0 Å². The van der Waals surface area contributed by atoms with Gasteiger partial charge in [-0.1, -0.05) is 55.3 Å². The molecule has 1 heterocycles. The Morgan fingerprint density at radius 3 is 2.37 bits per heavy atom. The van der Waals surface area contributed by atoms with Crippen LogP contribution in [0.15, 0.2) is 54.6 Å². The molecule has 2 aromatic rings. The Balaban J connectivity index is 1.58. The lowest BCUT2D eigenvalue weighted by Gasteiger charge is -2.23. The van der Waals surface area contributed by atoms with E-state index in [0.29, 0.717) is 23.0 Å². The van der Waals surface area contributed by atoms with Crippen molar-refractivity contribution in [3.8, 4) is 5.75 Å². The van der Waals surface area contributed by atoms with E-state index in [-0.39, 0.29) is 5.91 Å². The van der Waals surface area contributed by atoms with E-state index >= 15 is 0 Å². The van der Waals surface area contributed by atoms with E-state index in [1.165, 1.54) is 18.4 Å². The van der Waals surface area contributed by atoms with Crippen LogP contribution in [0.5, 0.6) is 5.75 Å². The lowest BCUT2D eigenvalue weighted by molar-refractivity contribution is 0.0969. The predicted molar refractivity (Wildman–Crippen MR) is 112 cm³/mol. The number of rotatable bonds is 5. The van der Waals surface area contributed by atoms with Gasteiger partial charge in [0, 0.05) is 19.5 Å². The van der Waals surface area contributed by atoms with Gasteiger partial charge in [-0.25, -0.2) is 0 Å². The van der Waals surface area contributed by atoms with Gasteiger partial charge in [-0.3, -0.25) is 10.1 Å². The van der Waals surface area contributed by atoms with Gasteiger partial charge in [0.15, 0.2) is 5.11 Å². The highest BCUT2D eigenvalue weighted by Gasteiger charge is 2.18. The number of hydrogen-bond donors (Lipinski definition) is 1. The maximum absolute atomic E-state index is 12.7. The van der Waals surface area contributed by atoms with E-state index in [9.17, 15) is 4.79 Å². The van der Waals surface area contributed by atoms with Crippen LogP contribution in [0.4, 0.5) is 0 Å². The lowest BCUT2D eigenvalue weighted by Crippen LogP contribution is -2.43. The van der Waals surface area contributed by atoms with Crippen molar-refractivity contribution >= 4 is 23.2 Å². The van der Waals surface area contributed by atoms with E-state index in [1.54, 1.807) is 6.07 Å². The number of nitrogens with one attached hydrogen (secondary N) is 1. The summed E-state index contributed by atoms with van der Waals surface area (Å²) in [6, 6.07) is 17.5. The number of likely N-dealkylation sites (tertiary alicyclic amines) is 1. The summed E-state index contributed by atoms with van der Waals surface area (Å²) in [5, 5.41) is 3.40. The maximum Gasteiger partial charge on any atom is 0.261 e. The molecule has 1 N–H and O–H groups in total. The van der Waals surface area contributed by atoms with Gasteiger partial charge in [-0.05, 0) is 42.8 Å². The van der Waals surface area contributed by atoms with Crippen molar-refractivity contribution in [2.24, 2.45) is 0 Å². The average Bonchev–Trinajstić information content (AvgIpc) is 2.99. The number of nitrogens with zero attached hydrogens (tertiary/aromatic N) is 1. The summed E-state index contributed by atoms with van der Waals surface area (Å²) in [7, 11) is 0. The Kier molecular flexibility index (Phi) is 7.22. The smallest absolute Gasteiger partial charge is 0.261 e. The first kappa shape index (κ1) is 19.4. The number of carbonyl (C=O) groups excluding carboxylic acids is 1. The van der Waals surface area contributed by atoms with Crippen molar-refractivity contribution in [3.05, 3.63) is 65.7 Å². The Labute approximate surface area is 166 Å². The third kappa shape index (κ3) is 5.79. The zero-order chi connectivity index (χ0) is 18.9. The van der Waals surface area contributed by atoms with Gasteiger partial charge in [-0.2, -0.15) is 0 Å². The van der Waals surface area contributed by atoms with Crippen LogP contribution >= 0.6 is 12.2 Å². The molecule has 1 saturated heterocycles. The second-order valence-corrected chi connectivity index (χ2v) is 7.13. The number of hydrogen-bond acceptors (Lipinski definition) is 3. The van der Waals surface area contributed by atoms with E-state index in [4.69, 9.17) is 17.0 Å². The highest BCUT2D eigenvalue weighted by atomic mass is 32.1. The molecule has 0 aliphatic carbocycles. The molecule has 27 heavy (non-hydrogen) atoms.